The van der Waals surface area contributed by atoms with Gasteiger partial charge in [0, 0.05) is 23.9 Å². The molecule has 0 saturated carbocycles. The van der Waals surface area contributed by atoms with E-state index in [0.717, 1.165) is 18.1 Å². The lowest BCUT2D eigenvalue weighted by Gasteiger charge is -2.35. The van der Waals surface area contributed by atoms with Crippen LogP contribution >= 0.6 is 11.8 Å². The predicted molar refractivity (Wildman–Crippen MR) is 75.4 cm³/mol. The van der Waals surface area contributed by atoms with Crippen LogP contribution in [0.25, 0.3) is 0 Å². The molecule has 2 rings (SSSR count). The number of methoxy groups -OCH3 is 1. The van der Waals surface area contributed by atoms with Gasteiger partial charge in [0.25, 0.3) is 0 Å². The minimum Gasteiger partial charge on any atom is -0.481 e. The van der Waals surface area contributed by atoms with Crippen LogP contribution in [0.2, 0.25) is 0 Å². The quantitative estimate of drug-likeness (QED) is 0.869. The van der Waals surface area contributed by atoms with E-state index in [0.29, 0.717) is 5.88 Å². The summed E-state index contributed by atoms with van der Waals surface area (Å²) in [6.07, 6.45) is 2.73. The third-order valence-electron chi connectivity index (χ3n) is 3.48. The Morgan fingerprint density at radius 3 is 2.94 bits per heavy atom. The van der Waals surface area contributed by atoms with Gasteiger partial charge >= 0.3 is 0 Å². The first kappa shape index (κ1) is 13.4. The van der Waals surface area contributed by atoms with E-state index >= 15 is 0 Å². The largest absolute Gasteiger partial charge is 0.481 e. The van der Waals surface area contributed by atoms with Gasteiger partial charge in [-0.15, -0.1) is 0 Å². The lowest BCUT2D eigenvalue weighted by Crippen LogP contribution is -2.49. The first-order valence-electron chi connectivity index (χ1n) is 6.01. The first-order chi connectivity index (χ1) is 8.66. The molecule has 0 aromatic carbocycles. The molecule has 0 spiro atoms. The summed E-state index contributed by atoms with van der Waals surface area (Å²) in [7, 11) is 5.91. The Morgan fingerprint density at radius 2 is 2.33 bits per heavy atom. The minimum atomic E-state index is 0.225. The number of likely N-dealkylation sites (N-methyl/N-ethyl adjacent to an activating group) is 1. The van der Waals surface area contributed by atoms with Gasteiger partial charge in [0.15, 0.2) is 0 Å². The van der Waals surface area contributed by atoms with Crippen LogP contribution in [0.5, 0.6) is 5.88 Å². The van der Waals surface area contributed by atoms with Crippen molar-refractivity contribution >= 4 is 17.6 Å². The Bertz CT molecular complexity index is 393. The van der Waals surface area contributed by atoms with Crippen LogP contribution in [-0.2, 0) is 0 Å². The van der Waals surface area contributed by atoms with Gasteiger partial charge in [-0.25, -0.2) is 9.97 Å². The number of hydrogen-bond donors (Lipinski definition) is 1. The fourth-order valence-corrected chi connectivity index (χ4v) is 3.60. The van der Waals surface area contributed by atoms with Crippen LogP contribution in [-0.4, -0.2) is 59.7 Å². The molecule has 18 heavy (non-hydrogen) atoms. The van der Waals surface area contributed by atoms with Crippen molar-refractivity contribution in [2.24, 2.45) is 0 Å². The zero-order chi connectivity index (χ0) is 13.0. The molecule has 1 aliphatic heterocycles. The van der Waals surface area contributed by atoms with Crippen LogP contribution in [0.1, 0.15) is 6.42 Å². The van der Waals surface area contributed by atoms with Gasteiger partial charge in [0.05, 0.1) is 7.11 Å². The molecule has 0 amide bonds. The van der Waals surface area contributed by atoms with Crippen molar-refractivity contribution in [2.75, 3.05) is 44.6 Å². The SMILES string of the molecule is COc1cc(NC[C@]2(N(C)C)CCSC2)ncn1. The Kier molecular flexibility index (Phi) is 4.29. The second-order valence-corrected chi connectivity index (χ2v) is 5.83. The summed E-state index contributed by atoms with van der Waals surface area (Å²) in [6.45, 7) is 0.896. The summed E-state index contributed by atoms with van der Waals surface area (Å²) >= 11 is 2.01. The number of thioether (sulfide) groups is 1. The highest BCUT2D eigenvalue weighted by Crippen LogP contribution is 2.32. The maximum atomic E-state index is 5.09. The number of hydrogen-bond acceptors (Lipinski definition) is 6. The van der Waals surface area contributed by atoms with Crippen LogP contribution < -0.4 is 10.1 Å². The summed E-state index contributed by atoms with van der Waals surface area (Å²) in [5.74, 6) is 3.80. The summed E-state index contributed by atoms with van der Waals surface area (Å²) in [5, 5.41) is 3.40. The second kappa shape index (κ2) is 5.75. The van der Waals surface area contributed by atoms with E-state index < -0.39 is 0 Å². The average Bonchev–Trinajstić information content (AvgIpc) is 2.87. The number of aromatic nitrogens is 2. The van der Waals surface area contributed by atoms with Gasteiger partial charge in [-0.3, -0.25) is 0 Å². The van der Waals surface area contributed by atoms with Crippen molar-refractivity contribution in [3.8, 4) is 5.88 Å². The number of ether oxygens (including phenoxy) is 1. The second-order valence-electron chi connectivity index (χ2n) is 4.72. The summed E-state index contributed by atoms with van der Waals surface area (Å²) in [6, 6.07) is 1.82. The molecule has 1 atom stereocenters. The summed E-state index contributed by atoms with van der Waals surface area (Å²) in [5.41, 5.74) is 0.225. The van der Waals surface area contributed by atoms with Gasteiger partial charge in [-0.05, 0) is 26.3 Å². The molecule has 1 fully saturated rings. The Hall–Kier alpha value is -1.01. The first-order valence-corrected chi connectivity index (χ1v) is 7.17. The van der Waals surface area contributed by atoms with Gasteiger partial charge in [-0.1, -0.05) is 0 Å². The summed E-state index contributed by atoms with van der Waals surface area (Å²) < 4.78 is 5.09. The highest BCUT2D eigenvalue weighted by atomic mass is 32.2. The van der Waals surface area contributed by atoms with E-state index in [9.17, 15) is 0 Å². The molecular formula is C12H20N4OS. The number of nitrogens with zero attached hydrogens (tertiary/aromatic N) is 3. The Balaban J connectivity index is 2.01. The molecule has 2 heterocycles. The van der Waals surface area contributed by atoms with E-state index in [4.69, 9.17) is 4.74 Å². The third kappa shape index (κ3) is 2.87. The number of anilines is 1. The number of rotatable bonds is 5. The normalized spacial score (nSPS) is 23.3. The molecule has 100 valence electrons. The molecule has 0 aliphatic carbocycles. The van der Waals surface area contributed by atoms with Gasteiger partial charge in [0.1, 0.15) is 12.1 Å². The van der Waals surface area contributed by atoms with E-state index in [1.165, 1.54) is 18.5 Å². The molecule has 1 N–H and O–H groups in total. The van der Waals surface area contributed by atoms with Crippen LogP contribution in [0.4, 0.5) is 5.82 Å². The highest BCUT2D eigenvalue weighted by molar-refractivity contribution is 7.99. The van der Waals surface area contributed by atoms with Crippen LogP contribution in [0, 0.1) is 0 Å². The van der Waals surface area contributed by atoms with Crippen molar-refractivity contribution in [3.63, 3.8) is 0 Å². The maximum absolute atomic E-state index is 5.09. The topological polar surface area (TPSA) is 50.3 Å². The minimum absolute atomic E-state index is 0.225. The van der Waals surface area contributed by atoms with Gasteiger partial charge in [-0.2, -0.15) is 11.8 Å². The molecule has 5 nitrogen and oxygen atoms in total. The molecule has 0 unspecified atom stereocenters. The molecular weight excluding hydrogens is 248 g/mol. The third-order valence-corrected chi connectivity index (χ3v) is 4.72. The van der Waals surface area contributed by atoms with E-state index in [2.05, 4.69) is 34.3 Å². The van der Waals surface area contributed by atoms with Crippen molar-refractivity contribution in [3.05, 3.63) is 12.4 Å². The zero-order valence-corrected chi connectivity index (χ0v) is 12.0. The van der Waals surface area contributed by atoms with Crippen molar-refractivity contribution < 1.29 is 4.74 Å². The van der Waals surface area contributed by atoms with Crippen molar-refractivity contribution in [1.29, 1.82) is 0 Å². The van der Waals surface area contributed by atoms with Crippen molar-refractivity contribution in [1.82, 2.24) is 14.9 Å². The van der Waals surface area contributed by atoms with Crippen LogP contribution in [0.3, 0.4) is 0 Å². The molecule has 1 aliphatic rings. The average molecular weight is 268 g/mol. The lowest BCUT2D eigenvalue weighted by molar-refractivity contribution is 0.195. The summed E-state index contributed by atoms with van der Waals surface area (Å²) in [4.78, 5) is 10.5. The monoisotopic (exact) mass is 268 g/mol. The lowest BCUT2D eigenvalue weighted by atomic mass is 9.97. The van der Waals surface area contributed by atoms with Crippen molar-refractivity contribution in [2.45, 2.75) is 12.0 Å². The molecule has 1 aromatic rings. The Labute approximate surface area is 112 Å². The van der Waals surface area contributed by atoms with E-state index in [1.54, 1.807) is 7.11 Å². The van der Waals surface area contributed by atoms with E-state index in [-0.39, 0.29) is 5.54 Å². The number of nitrogens with one attached hydrogen (secondary N) is 1. The van der Waals surface area contributed by atoms with Crippen LogP contribution in [0.15, 0.2) is 12.4 Å². The van der Waals surface area contributed by atoms with Gasteiger partial charge in [0.2, 0.25) is 5.88 Å². The van der Waals surface area contributed by atoms with Gasteiger partial charge < -0.3 is 15.0 Å². The molecule has 1 saturated heterocycles. The van der Waals surface area contributed by atoms with E-state index in [1.807, 2.05) is 17.8 Å². The predicted octanol–water partition coefficient (Wildman–Crippen LogP) is 1.33. The molecule has 6 heteroatoms. The Morgan fingerprint density at radius 1 is 1.50 bits per heavy atom. The standard InChI is InChI=1S/C12H20N4OS/c1-16(2)12(4-5-18-8-12)7-13-10-6-11(17-3)15-9-14-10/h6,9H,4-5,7-8H2,1-3H3,(H,13,14,15)/t12-/m1/s1. The smallest absolute Gasteiger partial charge is 0.218 e. The fourth-order valence-electron chi connectivity index (χ4n) is 2.05. The molecule has 1 aromatic heterocycles. The highest BCUT2D eigenvalue weighted by Gasteiger charge is 2.36. The maximum Gasteiger partial charge on any atom is 0.218 e. The molecule has 0 radical (unpaired) electrons. The molecule has 0 bridgehead atoms. The fraction of sp³-hybridized carbons (Fsp3) is 0.667. The zero-order valence-electron chi connectivity index (χ0n) is 11.1.